The molecule has 176 valence electrons. The van der Waals surface area contributed by atoms with E-state index in [0.29, 0.717) is 40.2 Å². The van der Waals surface area contributed by atoms with Gasteiger partial charge in [-0.05, 0) is 82.6 Å². The van der Waals surface area contributed by atoms with E-state index in [-0.39, 0.29) is 16.9 Å². The number of hydrogen-bond acceptors (Lipinski definition) is 4. The summed E-state index contributed by atoms with van der Waals surface area (Å²) in [6.07, 6.45) is 2.06. The Morgan fingerprint density at radius 1 is 0.941 bits per heavy atom. The summed E-state index contributed by atoms with van der Waals surface area (Å²) >= 11 is 8.73. The lowest BCUT2D eigenvalue weighted by Crippen LogP contribution is -2.34. The first-order valence-corrected chi connectivity index (χ1v) is 12.1. The number of carbonyl (C=O) groups is 2. The van der Waals surface area contributed by atoms with Crippen molar-refractivity contribution in [1.29, 1.82) is 0 Å². The van der Waals surface area contributed by atoms with Crippen molar-refractivity contribution < 1.29 is 14.3 Å². The summed E-state index contributed by atoms with van der Waals surface area (Å²) in [6.45, 7) is 2.49. The van der Waals surface area contributed by atoms with Crippen LogP contribution in [0.15, 0.2) is 77.3 Å². The van der Waals surface area contributed by atoms with Crippen LogP contribution in [0.3, 0.4) is 0 Å². The summed E-state index contributed by atoms with van der Waals surface area (Å²) in [6, 6.07) is 22.3. The lowest BCUT2D eigenvalue weighted by molar-refractivity contribution is -0.116. The number of halogens is 1. The highest BCUT2D eigenvalue weighted by molar-refractivity contribution is 9.10. The molecule has 0 unspecified atom stereocenters. The molecule has 0 fully saturated rings. The zero-order chi connectivity index (χ0) is 24.3. The molecule has 0 aliphatic heterocycles. The monoisotopic (exact) mass is 539 g/mol. The molecule has 0 saturated heterocycles. The van der Waals surface area contributed by atoms with Gasteiger partial charge in [-0.3, -0.25) is 14.9 Å². The van der Waals surface area contributed by atoms with E-state index in [1.54, 1.807) is 42.5 Å². The number of anilines is 2. The third-order valence-corrected chi connectivity index (χ3v) is 5.64. The van der Waals surface area contributed by atoms with Gasteiger partial charge in [-0.25, -0.2) is 0 Å². The van der Waals surface area contributed by atoms with Crippen LogP contribution in [0.4, 0.5) is 11.4 Å². The lowest BCUT2D eigenvalue weighted by Gasteiger charge is -2.12. The summed E-state index contributed by atoms with van der Waals surface area (Å²) in [7, 11) is 0. The molecule has 0 heterocycles. The summed E-state index contributed by atoms with van der Waals surface area (Å²) in [5.41, 5.74) is 3.05. The van der Waals surface area contributed by atoms with Gasteiger partial charge >= 0.3 is 0 Å². The largest absolute Gasteiger partial charge is 0.492 e. The Balaban J connectivity index is 1.49. The number of thiocarbonyl (C=S) groups is 1. The molecule has 34 heavy (non-hydrogen) atoms. The second-order valence-corrected chi connectivity index (χ2v) is 8.78. The average molecular weight is 540 g/mol. The predicted octanol–water partition coefficient (Wildman–Crippen LogP) is 5.94. The Hall–Kier alpha value is -3.23. The molecule has 0 bridgehead atoms. The van der Waals surface area contributed by atoms with Crippen molar-refractivity contribution in [1.82, 2.24) is 5.32 Å². The van der Waals surface area contributed by atoms with Crippen LogP contribution >= 0.6 is 28.1 Å². The van der Waals surface area contributed by atoms with E-state index in [9.17, 15) is 9.59 Å². The summed E-state index contributed by atoms with van der Waals surface area (Å²) in [5.74, 6) is 0.307. The first-order valence-electron chi connectivity index (χ1n) is 10.9. The number of amides is 2. The van der Waals surface area contributed by atoms with Gasteiger partial charge in [0.05, 0.1) is 11.1 Å². The van der Waals surface area contributed by atoms with Crippen molar-refractivity contribution in [2.75, 3.05) is 17.2 Å². The highest BCUT2D eigenvalue weighted by Gasteiger charge is 2.11. The third-order valence-electron chi connectivity index (χ3n) is 4.82. The molecule has 2 amide bonds. The van der Waals surface area contributed by atoms with E-state index >= 15 is 0 Å². The van der Waals surface area contributed by atoms with Gasteiger partial charge in [0, 0.05) is 29.8 Å². The van der Waals surface area contributed by atoms with Crippen LogP contribution in [0.1, 0.15) is 35.7 Å². The molecule has 3 rings (SSSR count). The molecular formula is C26H26BrN3O3S. The Morgan fingerprint density at radius 3 is 2.26 bits per heavy atom. The van der Waals surface area contributed by atoms with E-state index in [4.69, 9.17) is 17.0 Å². The SMILES string of the molecule is CCCC(=O)Nc1ccc(NC(=S)NC(=O)c2ccc(OCCc3ccccc3)c(Br)c2)cc1. The fourth-order valence-electron chi connectivity index (χ4n) is 3.11. The highest BCUT2D eigenvalue weighted by atomic mass is 79.9. The van der Waals surface area contributed by atoms with Crippen LogP contribution in [-0.4, -0.2) is 23.5 Å². The van der Waals surface area contributed by atoms with Gasteiger partial charge in [-0.1, -0.05) is 37.3 Å². The summed E-state index contributed by atoms with van der Waals surface area (Å²) < 4.78 is 6.53. The minimum atomic E-state index is -0.336. The molecule has 0 radical (unpaired) electrons. The van der Waals surface area contributed by atoms with Crippen LogP contribution in [0.2, 0.25) is 0 Å². The number of ether oxygens (including phenoxy) is 1. The fraction of sp³-hybridized carbons (Fsp3) is 0.192. The van der Waals surface area contributed by atoms with Gasteiger partial charge in [-0.2, -0.15) is 0 Å². The highest BCUT2D eigenvalue weighted by Crippen LogP contribution is 2.26. The predicted molar refractivity (Wildman–Crippen MR) is 143 cm³/mol. The van der Waals surface area contributed by atoms with Crippen molar-refractivity contribution in [2.45, 2.75) is 26.2 Å². The van der Waals surface area contributed by atoms with Crippen LogP contribution in [-0.2, 0) is 11.2 Å². The maximum Gasteiger partial charge on any atom is 0.257 e. The first kappa shape index (κ1) is 25.4. The number of rotatable bonds is 9. The smallest absolute Gasteiger partial charge is 0.257 e. The second kappa shape index (κ2) is 12.9. The minimum Gasteiger partial charge on any atom is -0.492 e. The molecule has 0 aliphatic carbocycles. The Bertz CT molecular complexity index is 1140. The van der Waals surface area contributed by atoms with Crippen molar-refractivity contribution in [3.8, 4) is 5.75 Å². The molecule has 0 aliphatic rings. The topological polar surface area (TPSA) is 79.5 Å². The molecule has 0 atom stereocenters. The maximum atomic E-state index is 12.6. The van der Waals surface area contributed by atoms with Gasteiger partial charge in [0.1, 0.15) is 5.75 Å². The van der Waals surface area contributed by atoms with E-state index in [1.807, 2.05) is 25.1 Å². The Kier molecular flexibility index (Phi) is 9.61. The van der Waals surface area contributed by atoms with E-state index in [1.165, 1.54) is 5.56 Å². The molecular weight excluding hydrogens is 514 g/mol. The van der Waals surface area contributed by atoms with Gasteiger partial charge in [0.15, 0.2) is 5.11 Å². The summed E-state index contributed by atoms with van der Waals surface area (Å²) in [5, 5.41) is 8.63. The lowest BCUT2D eigenvalue weighted by atomic mass is 10.2. The maximum absolute atomic E-state index is 12.6. The van der Waals surface area contributed by atoms with E-state index in [2.05, 4.69) is 44.0 Å². The first-order chi connectivity index (χ1) is 16.4. The molecule has 3 N–H and O–H groups in total. The quantitative estimate of drug-likeness (QED) is 0.293. The molecule has 3 aromatic carbocycles. The Morgan fingerprint density at radius 2 is 1.62 bits per heavy atom. The third kappa shape index (κ3) is 7.97. The van der Waals surface area contributed by atoms with Gasteiger partial charge in [0.25, 0.3) is 5.91 Å². The fourth-order valence-corrected chi connectivity index (χ4v) is 3.81. The summed E-state index contributed by atoms with van der Waals surface area (Å²) in [4.78, 5) is 24.3. The van der Waals surface area contributed by atoms with Gasteiger partial charge < -0.3 is 15.4 Å². The van der Waals surface area contributed by atoms with Crippen LogP contribution in [0.25, 0.3) is 0 Å². The molecule has 0 spiro atoms. The van der Waals surface area contributed by atoms with Gasteiger partial charge in [-0.15, -0.1) is 0 Å². The molecule has 8 heteroatoms. The second-order valence-electron chi connectivity index (χ2n) is 7.51. The molecule has 3 aromatic rings. The van der Waals surface area contributed by atoms with Gasteiger partial charge in [0.2, 0.25) is 5.91 Å². The zero-order valence-electron chi connectivity index (χ0n) is 18.8. The van der Waals surface area contributed by atoms with E-state index in [0.717, 1.165) is 12.8 Å². The van der Waals surface area contributed by atoms with Crippen LogP contribution < -0.4 is 20.7 Å². The van der Waals surface area contributed by atoms with Crippen molar-refractivity contribution in [3.05, 3.63) is 88.4 Å². The number of nitrogens with one attached hydrogen (secondary N) is 3. The standard InChI is InChI=1S/C26H26BrN3O3S/c1-2-6-24(31)28-20-10-12-21(13-11-20)29-26(34)30-25(32)19-9-14-23(22(27)17-19)33-16-15-18-7-4-3-5-8-18/h3-5,7-14,17H,2,6,15-16H2,1H3,(H,28,31)(H2,29,30,32,34). The zero-order valence-corrected chi connectivity index (χ0v) is 21.2. The molecule has 0 aromatic heterocycles. The number of benzene rings is 3. The molecule has 0 saturated carbocycles. The van der Waals surface area contributed by atoms with E-state index < -0.39 is 0 Å². The van der Waals surface area contributed by atoms with Crippen LogP contribution in [0.5, 0.6) is 5.75 Å². The number of carbonyl (C=O) groups excluding carboxylic acids is 2. The molecule has 6 nitrogen and oxygen atoms in total. The minimum absolute atomic E-state index is 0.0234. The van der Waals surface area contributed by atoms with Crippen LogP contribution in [0, 0.1) is 0 Å². The average Bonchev–Trinajstić information content (AvgIpc) is 2.82. The van der Waals surface area contributed by atoms with Crippen molar-refractivity contribution in [3.63, 3.8) is 0 Å². The normalized spacial score (nSPS) is 10.3. The number of hydrogen-bond donors (Lipinski definition) is 3. The van der Waals surface area contributed by atoms with Crippen molar-refractivity contribution >= 4 is 56.4 Å². The Labute approximate surface area is 213 Å². The van der Waals surface area contributed by atoms with Crippen molar-refractivity contribution in [2.24, 2.45) is 0 Å².